The van der Waals surface area contributed by atoms with Crippen LogP contribution >= 0.6 is 11.3 Å². The van der Waals surface area contributed by atoms with Crippen LogP contribution in [-0.4, -0.2) is 48.9 Å². The fourth-order valence-corrected chi connectivity index (χ4v) is 2.99. The first-order chi connectivity index (χ1) is 8.75. The molecule has 1 saturated heterocycles. The fourth-order valence-electron chi connectivity index (χ4n) is 2.30. The molecule has 0 radical (unpaired) electrons. The Labute approximate surface area is 113 Å². The highest BCUT2D eigenvalue weighted by atomic mass is 32.1. The lowest BCUT2D eigenvalue weighted by Gasteiger charge is -2.28. The minimum absolute atomic E-state index is 0.231. The first kappa shape index (κ1) is 13.6. The molecule has 0 atom stereocenters. The second kappa shape index (κ2) is 6.90. The molecule has 2 rings (SSSR count). The number of likely N-dealkylation sites (N-methyl/N-ethyl adjacent to an activating group) is 1. The van der Waals surface area contributed by atoms with E-state index in [9.17, 15) is 4.79 Å². The summed E-state index contributed by atoms with van der Waals surface area (Å²) in [7, 11) is 1.92. The summed E-state index contributed by atoms with van der Waals surface area (Å²) in [6, 6.07) is 4.03. The lowest BCUT2D eigenvalue weighted by molar-refractivity contribution is -0.129. The molecule has 3 nitrogen and oxygen atoms in total. The largest absolute Gasteiger partial charge is 0.344 e. The maximum absolute atomic E-state index is 12.0. The summed E-state index contributed by atoms with van der Waals surface area (Å²) in [5.74, 6) is 0.231. The van der Waals surface area contributed by atoms with Gasteiger partial charge in [0.2, 0.25) is 5.91 Å². The van der Waals surface area contributed by atoms with Crippen LogP contribution < -0.4 is 0 Å². The van der Waals surface area contributed by atoms with Crippen molar-refractivity contribution in [2.45, 2.75) is 25.7 Å². The van der Waals surface area contributed by atoms with E-state index in [1.54, 1.807) is 11.3 Å². The summed E-state index contributed by atoms with van der Waals surface area (Å²) in [5.41, 5.74) is 0. The molecule has 2 heterocycles. The summed E-state index contributed by atoms with van der Waals surface area (Å²) in [6.07, 6.45) is 4.54. The van der Waals surface area contributed by atoms with Crippen molar-refractivity contribution in [1.82, 2.24) is 9.80 Å². The molecule has 0 bridgehead atoms. The fraction of sp³-hybridized carbons (Fsp3) is 0.643. The van der Waals surface area contributed by atoms with Crippen molar-refractivity contribution in [3.8, 4) is 0 Å². The third kappa shape index (κ3) is 4.10. The van der Waals surface area contributed by atoms with Gasteiger partial charge < -0.3 is 9.80 Å². The number of hydrogen-bond acceptors (Lipinski definition) is 3. The number of nitrogens with zero attached hydrogens (tertiary/aromatic N) is 2. The zero-order valence-electron chi connectivity index (χ0n) is 11.1. The lowest BCUT2D eigenvalue weighted by Crippen LogP contribution is -2.39. The Balaban J connectivity index is 1.70. The molecular weight excluding hydrogens is 244 g/mol. The highest BCUT2D eigenvalue weighted by Crippen LogP contribution is 2.11. The molecule has 0 N–H and O–H groups in total. The summed E-state index contributed by atoms with van der Waals surface area (Å²) >= 11 is 1.66. The number of piperidine rings is 1. The monoisotopic (exact) mass is 266 g/mol. The molecule has 1 amide bonds. The average molecular weight is 266 g/mol. The van der Waals surface area contributed by atoms with E-state index >= 15 is 0 Å². The summed E-state index contributed by atoms with van der Waals surface area (Å²) in [6.45, 7) is 4.27. The number of carbonyl (C=O) groups is 1. The normalized spacial score (nSPS) is 16.7. The van der Waals surface area contributed by atoms with E-state index in [4.69, 9.17) is 0 Å². The summed E-state index contributed by atoms with van der Waals surface area (Å²) < 4.78 is 0. The summed E-state index contributed by atoms with van der Waals surface area (Å²) in [4.78, 5) is 17.5. The van der Waals surface area contributed by atoms with Crippen LogP contribution in [-0.2, 0) is 11.2 Å². The van der Waals surface area contributed by atoms with Gasteiger partial charge in [-0.3, -0.25) is 4.79 Å². The number of hydrogen-bond donors (Lipinski definition) is 0. The highest BCUT2D eigenvalue weighted by Gasteiger charge is 2.13. The van der Waals surface area contributed by atoms with E-state index in [0.717, 1.165) is 18.0 Å². The van der Waals surface area contributed by atoms with Crippen LogP contribution in [0.1, 0.15) is 24.1 Å². The topological polar surface area (TPSA) is 23.6 Å². The van der Waals surface area contributed by atoms with E-state index in [-0.39, 0.29) is 5.91 Å². The third-order valence-corrected chi connectivity index (χ3v) is 4.41. The number of thiophene rings is 1. The van der Waals surface area contributed by atoms with Crippen LogP contribution in [0.5, 0.6) is 0 Å². The van der Waals surface area contributed by atoms with Gasteiger partial charge in [-0.1, -0.05) is 12.5 Å². The number of carbonyl (C=O) groups excluding carboxylic acids is 1. The predicted octanol–water partition coefficient (Wildman–Crippen LogP) is 2.23. The SMILES string of the molecule is CN(CCN1CCCCC1)C(=O)Cc1cccs1. The Kier molecular flexibility index (Phi) is 5.20. The Morgan fingerprint density at radius 1 is 1.39 bits per heavy atom. The van der Waals surface area contributed by atoms with Gasteiger partial charge in [0.15, 0.2) is 0 Å². The zero-order valence-corrected chi connectivity index (χ0v) is 11.9. The first-order valence-electron chi connectivity index (χ1n) is 6.74. The molecule has 1 aliphatic rings. The van der Waals surface area contributed by atoms with Crippen molar-refractivity contribution < 1.29 is 4.79 Å². The smallest absolute Gasteiger partial charge is 0.227 e. The summed E-state index contributed by atoms with van der Waals surface area (Å²) in [5, 5.41) is 2.02. The van der Waals surface area contributed by atoms with E-state index in [1.807, 2.05) is 29.5 Å². The molecule has 100 valence electrons. The van der Waals surface area contributed by atoms with Gasteiger partial charge in [0, 0.05) is 25.0 Å². The molecule has 1 aromatic heterocycles. The van der Waals surface area contributed by atoms with Crippen LogP contribution in [0.15, 0.2) is 17.5 Å². The Morgan fingerprint density at radius 3 is 2.83 bits per heavy atom. The standard InChI is InChI=1S/C14H22N2OS/c1-15(9-10-16-7-3-2-4-8-16)14(17)12-13-6-5-11-18-13/h5-6,11H,2-4,7-10,12H2,1H3. The average Bonchev–Trinajstić information content (AvgIpc) is 2.90. The second-order valence-corrected chi connectivity index (χ2v) is 6.01. The van der Waals surface area contributed by atoms with Crippen molar-refractivity contribution in [2.24, 2.45) is 0 Å². The van der Waals surface area contributed by atoms with Gasteiger partial charge in [0.25, 0.3) is 0 Å². The van der Waals surface area contributed by atoms with Crippen molar-refractivity contribution >= 4 is 17.2 Å². The quantitative estimate of drug-likeness (QED) is 0.816. The van der Waals surface area contributed by atoms with Crippen LogP contribution in [0.4, 0.5) is 0 Å². The minimum Gasteiger partial charge on any atom is -0.344 e. The van der Waals surface area contributed by atoms with Gasteiger partial charge >= 0.3 is 0 Å². The second-order valence-electron chi connectivity index (χ2n) is 4.97. The first-order valence-corrected chi connectivity index (χ1v) is 7.62. The molecule has 1 aliphatic heterocycles. The van der Waals surface area contributed by atoms with Crippen LogP contribution in [0.2, 0.25) is 0 Å². The van der Waals surface area contributed by atoms with Gasteiger partial charge in [-0.05, 0) is 37.4 Å². The molecule has 1 fully saturated rings. The van der Waals surface area contributed by atoms with E-state index in [2.05, 4.69) is 4.90 Å². The molecule has 4 heteroatoms. The van der Waals surface area contributed by atoms with Crippen LogP contribution in [0, 0.1) is 0 Å². The Hall–Kier alpha value is -0.870. The third-order valence-electron chi connectivity index (χ3n) is 3.53. The van der Waals surface area contributed by atoms with Crippen molar-refractivity contribution in [3.05, 3.63) is 22.4 Å². The molecule has 0 aromatic carbocycles. The van der Waals surface area contributed by atoms with Crippen molar-refractivity contribution in [2.75, 3.05) is 33.2 Å². The van der Waals surface area contributed by atoms with E-state index in [0.29, 0.717) is 6.42 Å². The van der Waals surface area contributed by atoms with Crippen LogP contribution in [0.25, 0.3) is 0 Å². The molecular formula is C14H22N2OS. The van der Waals surface area contributed by atoms with E-state index in [1.165, 1.54) is 32.4 Å². The van der Waals surface area contributed by atoms with Crippen molar-refractivity contribution in [3.63, 3.8) is 0 Å². The lowest BCUT2D eigenvalue weighted by atomic mass is 10.1. The minimum atomic E-state index is 0.231. The number of likely N-dealkylation sites (tertiary alicyclic amines) is 1. The predicted molar refractivity (Wildman–Crippen MR) is 76.0 cm³/mol. The Bertz CT molecular complexity index is 358. The molecule has 1 aromatic rings. The maximum Gasteiger partial charge on any atom is 0.227 e. The van der Waals surface area contributed by atoms with Gasteiger partial charge in [0.1, 0.15) is 0 Å². The molecule has 0 spiro atoms. The molecule has 18 heavy (non-hydrogen) atoms. The Morgan fingerprint density at radius 2 is 2.17 bits per heavy atom. The van der Waals surface area contributed by atoms with Gasteiger partial charge in [-0.2, -0.15) is 0 Å². The zero-order chi connectivity index (χ0) is 12.8. The van der Waals surface area contributed by atoms with Crippen molar-refractivity contribution in [1.29, 1.82) is 0 Å². The van der Waals surface area contributed by atoms with E-state index < -0.39 is 0 Å². The highest BCUT2D eigenvalue weighted by molar-refractivity contribution is 7.10. The molecule has 0 aliphatic carbocycles. The molecule has 0 saturated carbocycles. The van der Waals surface area contributed by atoms with Crippen LogP contribution in [0.3, 0.4) is 0 Å². The van der Waals surface area contributed by atoms with Gasteiger partial charge in [-0.25, -0.2) is 0 Å². The maximum atomic E-state index is 12.0. The number of amides is 1. The van der Waals surface area contributed by atoms with Gasteiger partial charge in [0.05, 0.1) is 6.42 Å². The number of rotatable bonds is 5. The molecule has 0 unspecified atom stereocenters. The van der Waals surface area contributed by atoms with Gasteiger partial charge in [-0.15, -0.1) is 11.3 Å².